The molecule has 2 heterocycles. The van der Waals surface area contributed by atoms with E-state index in [2.05, 4.69) is 15.3 Å². The van der Waals surface area contributed by atoms with E-state index in [4.69, 9.17) is 9.47 Å². The van der Waals surface area contributed by atoms with Crippen molar-refractivity contribution in [2.45, 2.75) is 17.8 Å². The number of aromatic nitrogens is 2. The summed E-state index contributed by atoms with van der Waals surface area (Å²) in [4.78, 5) is 19.1. The quantitative estimate of drug-likeness (QED) is 0.407. The first-order valence-electron chi connectivity index (χ1n) is 9.66. The number of hydrogen-bond acceptors (Lipinski definition) is 7. The van der Waals surface area contributed by atoms with E-state index in [1.807, 2.05) is 0 Å². The van der Waals surface area contributed by atoms with Crippen molar-refractivity contribution < 1.29 is 40.2 Å². The zero-order valence-electron chi connectivity index (χ0n) is 17.1. The first-order valence-corrected chi connectivity index (χ1v) is 11.3. The van der Waals surface area contributed by atoms with E-state index in [0.29, 0.717) is 11.8 Å². The Hall–Kier alpha value is -3.74. The molecule has 0 atom stereocenters. The number of fused-ring (bicyclic) bond motifs is 1. The molecule has 13 heteroatoms. The summed E-state index contributed by atoms with van der Waals surface area (Å²) < 4.78 is 89.8. The third-order valence-corrected chi connectivity index (χ3v) is 6.17. The maximum absolute atomic E-state index is 13.7. The second kappa shape index (κ2) is 8.89. The number of benzene rings is 2. The van der Waals surface area contributed by atoms with Crippen molar-refractivity contribution in [2.75, 3.05) is 17.9 Å². The van der Waals surface area contributed by atoms with E-state index < -0.39 is 50.8 Å². The number of para-hydroxylation sites is 1. The van der Waals surface area contributed by atoms with Crippen LogP contribution < -0.4 is 14.8 Å². The van der Waals surface area contributed by atoms with E-state index in [-0.39, 0.29) is 29.5 Å². The van der Waals surface area contributed by atoms with Gasteiger partial charge in [-0.3, -0.25) is 4.79 Å². The highest BCUT2D eigenvalue weighted by Gasteiger charge is 2.35. The fraction of sp³-hybridized carbons (Fsp3) is 0.190. The monoisotopic (exact) mass is 497 g/mol. The van der Waals surface area contributed by atoms with Crippen LogP contribution in [0.2, 0.25) is 0 Å². The molecule has 0 radical (unpaired) electrons. The normalized spacial score (nSPS) is 13.1. The molecule has 0 saturated heterocycles. The number of nitrogens with one attached hydrogen (secondary N) is 1. The largest absolute Gasteiger partial charge is 0.454 e. The summed E-state index contributed by atoms with van der Waals surface area (Å²) in [5.74, 6) is -1.83. The number of nitrogens with zero attached hydrogens (tertiary/aromatic N) is 2. The van der Waals surface area contributed by atoms with Crippen molar-refractivity contribution in [3.8, 4) is 22.8 Å². The molecule has 1 aliphatic rings. The van der Waals surface area contributed by atoms with Crippen molar-refractivity contribution >= 4 is 21.4 Å². The molecule has 178 valence electrons. The smallest absolute Gasteiger partial charge is 0.433 e. The van der Waals surface area contributed by atoms with Crippen LogP contribution in [0, 0.1) is 5.82 Å². The third-order valence-electron chi connectivity index (χ3n) is 4.69. The summed E-state index contributed by atoms with van der Waals surface area (Å²) in [6.45, 7) is -0.0645. The fourth-order valence-electron chi connectivity index (χ4n) is 3.01. The lowest BCUT2D eigenvalue weighted by molar-refractivity contribution is -0.141. The van der Waals surface area contributed by atoms with Crippen LogP contribution in [0.5, 0.6) is 11.5 Å². The van der Waals surface area contributed by atoms with Gasteiger partial charge in [-0.05, 0) is 36.4 Å². The molecule has 0 fully saturated rings. The molecular formula is C21H15F4N3O5S. The van der Waals surface area contributed by atoms with Crippen molar-refractivity contribution in [1.82, 2.24) is 9.97 Å². The maximum Gasteiger partial charge on any atom is 0.433 e. The Balaban J connectivity index is 1.61. The number of ether oxygens (including phenoxy) is 2. The lowest BCUT2D eigenvalue weighted by Gasteiger charge is -2.12. The number of sulfone groups is 1. The van der Waals surface area contributed by atoms with Crippen LogP contribution in [-0.4, -0.2) is 36.8 Å². The molecule has 4 rings (SSSR count). The molecule has 34 heavy (non-hydrogen) atoms. The number of hydrogen-bond donors (Lipinski definition) is 1. The number of halogens is 4. The summed E-state index contributed by atoms with van der Waals surface area (Å²) in [6.07, 6.45) is -5.61. The number of anilines is 1. The van der Waals surface area contributed by atoms with E-state index in [1.165, 1.54) is 36.4 Å². The average molecular weight is 497 g/mol. The molecule has 1 N–H and O–H groups in total. The van der Waals surface area contributed by atoms with E-state index in [1.54, 1.807) is 0 Å². The van der Waals surface area contributed by atoms with Gasteiger partial charge < -0.3 is 14.8 Å². The van der Waals surface area contributed by atoms with Crippen LogP contribution in [0.1, 0.15) is 12.1 Å². The Labute approximate surface area is 190 Å². The van der Waals surface area contributed by atoms with Crippen LogP contribution in [0.15, 0.2) is 53.7 Å². The van der Waals surface area contributed by atoms with Crippen molar-refractivity contribution in [1.29, 1.82) is 0 Å². The fourth-order valence-corrected chi connectivity index (χ4v) is 4.12. The zero-order chi connectivity index (χ0) is 24.5. The molecular weight excluding hydrogens is 482 g/mol. The Morgan fingerprint density at radius 1 is 1.03 bits per heavy atom. The maximum atomic E-state index is 13.7. The molecule has 0 spiro atoms. The predicted octanol–water partition coefficient (Wildman–Crippen LogP) is 3.83. The van der Waals surface area contributed by atoms with Gasteiger partial charge >= 0.3 is 6.18 Å². The molecule has 8 nitrogen and oxygen atoms in total. The summed E-state index contributed by atoms with van der Waals surface area (Å²) in [5.41, 5.74) is -1.80. The Morgan fingerprint density at radius 2 is 1.76 bits per heavy atom. The molecule has 1 amide bonds. The number of carbonyl (C=O) groups is 1. The van der Waals surface area contributed by atoms with E-state index >= 15 is 0 Å². The molecule has 1 aliphatic heterocycles. The molecule has 0 aliphatic carbocycles. The lowest BCUT2D eigenvalue weighted by atomic mass is 10.1. The zero-order valence-corrected chi connectivity index (χ0v) is 17.9. The topological polar surface area (TPSA) is 107 Å². The van der Waals surface area contributed by atoms with Crippen molar-refractivity contribution in [3.05, 3.63) is 60.0 Å². The highest BCUT2D eigenvalue weighted by Crippen LogP contribution is 2.37. The van der Waals surface area contributed by atoms with Crippen LogP contribution in [-0.2, 0) is 20.8 Å². The van der Waals surface area contributed by atoms with Gasteiger partial charge in [0.05, 0.1) is 17.1 Å². The number of carbonyl (C=O) groups excluding carboxylic acids is 1. The van der Waals surface area contributed by atoms with Gasteiger partial charge in [0.2, 0.25) is 27.7 Å². The van der Waals surface area contributed by atoms with Crippen LogP contribution in [0.4, 0.5) is 23.2 Å². The van der Waals surface area contributed by atoms with Crippen molar-refractivity contribution in [2.24, 2.45) is 0 Å². The highest BCUT2D eigenvalue weighted by atomic mass is 32.2. The number of rotatable bonds is 6. The molecule has 3 aromatic rings. The van der Waals surface area contributed by atoms with Gasteiger partial charge in [-0.25, -0.2) is 22.8 Å². The van der Waals surface area contributed by atoms with Gasteiger partial charge in [0.1, 0.15) is 11.5 Å². The number of amides is 1. The molecule has 1 aromatic heterocycles. The van der Waals surface area contributed by atoms with Crippen LogP contribution >= 0.6 is 0 Å². The molecule has 0 saturated carbocycles. The first-order chi connectivity index (χ1) is 16.0. The molecule has 2 aromatic carbocycles. The van der Waals surface area contributed by atoms with E-state index in [9.17, 15) is 30.8 Å². The minimum absolute atomic E-state index is 0.0645. The summed E-state index contributed by atoms with van der Waals surface area (Å²) in [6, 6.07) is 10.1. The van der Waals surface area contributed by atoms with Crippen LogP contribution in [0.25, 0.3) is 11.3 Å². The Kier molecular flexibility index (Phi) is 6.13. The Bertz CT molecular complexity index is 1360. The van der Waals surface area contributed by atoms with Gasteiger partial charge in [0.15, 0.2) is 11.5 Å². The average Bonchev–Trinajstić information content (AvgIpc) is 3.26. The predicted molar refractivity (Wildman–Crippen MR) is 110 cm³/mol. The third kappa shape index (κ3) is 5.09. The van der Waals surface area contributed by atoms with Gasteiger partial charge in [0.25, 0.3) is 0 Å². The molecule has 0 bridgehead atoms. The van der Waals surface area contributed by atoms with E-state index in [0.717, 1.165) is 6.07 Å². The minimum Gasteiger partial charge on any atom is -0.454 e. The highest BCUT2D eigenvalue weighted by molar-refractivity contribution is 7.91. The Morgan fingerprint density at radius 3 is 2.50 bits per heavy atom. The minimum atomic E-state index is -4.96. The first kappa shape index (κ1) is 23.4. The second-order valence-corrected chi connectivity index (χ2v) is 9.09. The van der Waals surface area contributed by atoms with Gasteiger partial charge in [0, 0.05) is 12.0 Å². The summed E-state index contributed by atoms with van der Waals surface area (Å²) in [5, 5.41) is 1.12. The van der Waals surface area contributed by atoms with Gasteiger partial charge in [-0.1, -0.05) is 12.1 Å². The van der Waals surface area contributed by atoms with Crippen LogP contribution in [0.3, 0.4) is 0 Å². The summed E-state index contributed by atoms with van der Waals surface area (Å²) >= 11 is 0. The van der Waals surface area contributed by atoms with Crippen molar-refractivity contribution in [3.63, 3.8) is 0 Å². The second-order valence-electron chi connectivity index (χ2n) is 7.08. The number of alkyl halides is 3. The SMILES string of the molecule is O=C(CCS(=O)(=O)c1nc(-c2ccc3c(c2)OCO3)cc(C(F)(F)F)n1)Nc1ccccc1F. The van der Waals surface area contributed by atoms with Gasteiger partial charge in [-0.15, -0.1) is 0 Å². The standard InChI is InChI=1S/C21H15F4N3O5S/c22-13-3-1-2-4-14(13)26-19(29)7-8-34(30,31)20-27-15(10-18(28-20)21(23,24)25)12-5-6-16-17(9-12)33-11-32-16/h1-6,9-10H,7-8,11H2,(H,26,29). The molecule has 0 unspecified atom stereocenters. The van der Waals surface area contributed by atoms with Gasteiger partial charge in [-0.2, -0.15) is 13.2 Å². The summed E-state index contributed by atoms with van der Waals surface area (Å²) in [7, 11) is -4.52. The lowest BCUT2D eigenvalue weighted by Crippen LogP contribution is -2.21.